The van der Waals surface area contributed by atoms with Crippen molar-refractivity contribution in [1.29, 1.82) is 0 Å². The van der Waals surface area contributed by atoms with Crippen molar-refractivity contribution in [3.8, 4) is 17.2 Å². The number of nitrogens with two attached hydrogens (primary N) is 1. The number of benzene rings is 3. The number of hydrogen-bond acceptors (Lipinski definition) is 6. The zero-order chi connectivity index (χ0) is 22.0. The maximum atomic E-state index is 13.4. The molecule has 0 radical (unpaired) electrons. The van der Waals surface area contributed by atoms with Crippen LogP contribution in [0.2, 0.25) is 0 Å². The molecule has 0 saturated heterocycles. The maximum Gasteiger partial charge on any atom is 0.227 e. The fourth-order valence-corrected chi connectivity index (χ4v) is 4.68. The van der Waals surface area contributed by atoms with Gasteiger partial charge in [0.1, 0.15) is 5.75 Å². The summed E-state index contributed by atoms with van der Waals surface area (Å²) >= 11 is 0. The van der Waals surface area contributed by atoms with Gasteiger partial charge in [-0.2, -0.15) is 4.98 Å². The van der Waals surface area contributed by atoms with Gasteiger partial charge in [0.15, 0.2) is 5.76 Å². The molecular formula is C24H22N2O4S. The van der Waals surface area contributed by atoms with Gasteiger partial charge in [-0.15, -0.1) is 0 Å². The molecule has 3 aromatic carbocycles. The molecule has 0 amide bonds. The van der Waals surface area contributed by atoms with Gasteiger partial charge in [-0.05, 0) is 48.4 Å². The number of sulfone groups is 1. The molecular weight excluding hydrogens is 412 g/mol. The van der Waals surface area contributed by atoms with Crippen LogP contribution in [0.5, 0.6) is 5.75 Å². The number of nitrogens with zero attached hydrogens (tertiary/aromatic N) is 1. The first kappa shape index (κ1) is 20.8. The molecule has 0 aliphatic heterocycles. The van der Waals surface area contributed by atoms with Crippen molar-refractivity contribution in [2.24, 2.45) is 5.73 Å². The van der Waals surface area contributed by atoms with Gasteiger partial charge in [-0.25, -0.2) is 8.42 Å². The van der Waals surface area contributed by atoms with E-state index < -0.39 is 15.9 Å². The molecule has 0 bridgehead atoms. The zero-order valence-corrected chi connectivity index (χ0v) is 18.0. The number of aryl methyl sites for hydroxylation is 1. The van der Waals surface area contributed by atoms with Gasteiger partial charge in [0.2, 0.25) is 20.8 Å². The Kier molecular flexibility index (Phi) is 5.63. The summed E-state index contributed by atoms with van der Waals surface area (Å²) in [4.78, 5) is 4.54. The molecule has 31 heavy (non-hydrogen) atoms. The molecule has 0 aliphatic carbocycles. The van der Waals surface area contributed by atoms with Gasteiger partial charge in [-0.3, -0.25) is 0 Å². The summed E-state index contributed by atoms with van der Waals surface area (Å²) in [5.41, 5.74) is 8.77. The second-order valence-corrected chi connectivity index (χ2v) is 8.94. The van der Waals surface area contributed by atoms with Crippen LogP contribution in [-0.4, -0.2) is 20.5 Å². The molecule has 6 nitrogen and oxygen atoms in total. The molecule has 1 atom stereocenters. The van der Waals surface area contributed by atoms with Crippen LogP contribution in [0, 0.1) is 6.92 Å². The lowest BCUT2D eigenvalue weighted by atomic mass is 10.1. The molecule has 0 saturated carbocycles. The van der Waals surface area contributed by atoms with Crippen molar-refractivity contribution in [3.05, 3.63) is 95.7 Å². The minimum absolute atomic E-state index is 0.0901. The van der Waals surface area contributed by atoms with Crippen LogP contribution in [0.25, 0.3) is 11.5 Å². The minimum Gasteiger partial charge on any atom is -0.497 e. The number of methoxy groups -OCH3 is 1. The molecule has 1 aromatic heterocycles. The highest BCUT2D eigenvalue weighted by Gasteiger charge is 2.32. The van der Waals surface area contributed by atoms with E-state index >= 15 is 0 Å². The van der Waals surface area contributed by atoms with E-state index in [1.807, 2.05) is 31.2 Å². The first-order chi connectivity index (χ1) is 14.9. The first-order valence-electron chi connectivity index (χ1n) is 9.68. The highest BCUT2D eigenvalue weighted by molar-refractivity contribution is 7.91. The van der Waals surface area contributed by atoms with Gasteiger partial charge in [0.05, 0.1) is 18.0 Å². The third kappa shape index (κ3) is 3.97. The number of rotatable bonds is 6. The van der Waals surface area contributed by atoms with E-state index in [0.717, 1.165) is 5.56 Å². The van der Waals surface area contributed by atoms with E-state index in [4.69, 9.17) is 14.9 Å². The topological polar surface area (TPSA) is 95.4 Å². The first-order valence-corrected chi connectivity index (χ1v) is 11.2. The van der Waals surface area contributed by atoms with Gasteiger partial charge < -0.3 is 14.9 Å². The molecule has 0 spiro atoms. The van der Waals surface area contributed by atoms with Crippen molar-refractivity contribution in [1.82, 2.24) is 4.98 Å². The van der Waals surface area contributed by atoms with E-state index in [-0.39, 0.29) is 21.6 Å². The summed E-state index contributed by atoms with van der Waals surface area (Å²) in [5, 5.41) is -0.180. The summed E-state index contributed by atoms with van der Waals surface area (Å²) in [5.74, 6) is 0.977. The zero-order valence-electron chi connectivity index (χ0n) is 17.1. The lowest BCUT2D eigenvalue weighted by Gasteiger charge is -2.12. The van der Waals surface area contributed by atoms with Crippen LogP contribution in [0.1, 0.15) is 22.9 Å². The Balaban J connectivity index is 1.89. The SMILES string of the molecule is COc1ccc(C(N)c2oc(-c3ccccc3C)nc2S(=O)(=O)c2ccccc2)cc1. The Bertz CT molecular complexity index is 1300. The molecule has 1 heterocycles. The molecule has 4 rings (SSSR count). The normalized spacial score (nSPS) is 12.5. The van der Waals surface area contributed by atoms with Gasteiger partial charge in [-0.1, -0.05) is 48.5 Å². The molecule has 7 heteroatoms. The van der Waals surface area contributed by atoms with Gasteiger partial charge >= 0.3 is 0 Å². The molecule has 0 aliphatic rings. The Hall–Kier alpha value is -3.42. The quantitative estimate of drug-likeness (QED) is 0.479. The van der Waals surface area contributed by atoms with Crippen LogP contribution in [-0.2, 0) is 9.84 Å². The van der Waals surface area contributed by atoms with Crippen LogP contribution in [0.4, 0.5) is 0 Å². The number of aromatic nitrogens is 1. The van der Waals surface area contributed by atoms with Crippen LogP contribution >= 0.6 is 0 Å². The van der Waals surface area contributed by atoms with E-state index in [0.29, 0.717) is 16.9 Å². The van der Waals surface area contributed by atoms with E-state index in [1.165, 1.54) is 12.1 Å². The van der Waals surface area contributed by atoms with Crippen LogP contribution in [0.15, 0.2) is 93.2 Å². The van der Waals surface area contributed by atoms with Gasteiger partial charge in [0.25, 0.3) is 0 Å². The summed E-state index contributed by atoms with van der Waals surface area (Å²) in [7, 11) is -2.37. The lowest BCUT2D eigenvalue weighted by molar-refractivity contribution is 0.414. The van der Waals surface area contributed by atoms with E-state index in [9.17, 15) is 8.42 Å². The predicted molar refractivity (Wildman–Crippen MR) is 118 cm³/mol. The number of oxazole rings is 1. The molecule has 158 valence electrons. The largest absolute Gasteiger partial charge is 0.497 e. The molecule has 4 aromatic rings. The predicted octanol–water partition coefficient (Wildman–Crippen LogP) is 4.54. The monoisotopic (exact) mass is 434 g/mol. The molecule has 1 unspecified atom stereocenters. The number of ether oxygens (including phenoxy) is 1. The Morgan fingerprint density at radius 3 is 2.23 bits per heavy atom. The number of hydrogen-bond donors (Lipinski definition) is 1. The van der Waals surface area contributed by atoms with Crippen molar-refractivity contribution in [3.63, 3.8) is 0 Å². The molecule has 0 fully saturated rings. The standard InChI is InChI=1S/C24H22N2O4S/c1-16-8-6-7-11-20(16)23-26-24(31(27,28)19-9-4-3-5-10-19)22(30-23)21(25)17-12-14-18(29-2)15-13-17/h3-15,21H,25H2,1-2H3. The highest BCUT2D eigenvalue weighted by Crippen LogP contribution is 2.35. The maximum absolute atomic E-state index is 13.4. The summed E-state index contributed by atoms with van der Waals surface area (Å²) in [6, 6.07) is 21.9. The average molecular weight is 435 g/mol. The Morgan fingerprint density at radius 2 is 1.58 bits per heavy atom. The van der Waals surface area contributed by atoms with Gasteiger partial charge in [0, 0.05) is 5.56 Å². The highest BCUT2D eigenvalue weighted by atomic mass is 32.2. The fraction of sp³-hybridized carbons (Fsp3) is 0.125. The van der Waals surface area contributed by atoms with Crippen molar-refractivity contribution in [2.75, 3.05) is 7.11 Å². The minimum atomic E-state index is -3.95. The second kappa shape index (κ2) is 8.37. The Labute approximate surface area is 181 Å². The molecule has 2 N–H and O–H groups in total. The third-order valence-electron chi connectivity index (χ3n) is 5.06. The average Bonchev–Trinajstić information content (AvgIpc) is 3.26. The van der Waals surface area contributed by atoms with Crippen molar-refractivity contribution >= 4 is 9.84 Å². The Morgan fingerprint density at radius 1 is 0.935 bits per heavy atom. The van der Waals surface area contributed by atoms with Crippen LogP contribution < -0.4 is 10.5 Å². The third-order valence-corrected chi connectivity index (χ3v) is 6.76. The fourth-order valence-electron chi connectivity index (χ4n) is 3.31. The smallest absolute Gasteiger partial charge is 0.227 e. The van der Waals surface area contributed by atoms with Crippen LogP contribution in [0.3, 0.4) is 0 Å². The second-order valence-electron chi connectivity index (χ2n) is 7.07. The summed E-state index contributed by atoms with van der Waals surface area (Å²) < 4.78 is 38.1. The lowest BCUT2D eigenvalue weighted by Crippen LogP contribution is -2.15. The summed E-state index contributed by atoms with van der Waals surface area (Å²) in [6.07, 6.45) is 0. The van der Waals surface area contributed by atoms with Crippen molar-refractivity contribution in [2.45, 2.75) is 22.9 Å². The van der Waals surface area contributed by atoms with E-state index in [2.05, 4.69) is 4.98 Å². The van der Waals surface area contributed by atoms with E-state index in [1.54, 1.807) is 49.6 Å². The van der Waals surface area contributed by atoms with Crippen molar-refractivity contribution < 1.29 is 17.6 Å². The summed E-state index contributed by atoms with van der Waals surface area (Å²) in [6.45, 7) is 1.91.